The third kappa shape index (κ3) is 37.8. The average Bonchev–Trinajstić information content (AvgIpc) is 0.786. The number of nitrogens with one attached hydrogen (secondary N) is 1. The highest BCUT2D eigenvalue weighted by atomic mass is 16.8. The minimum absolute atomic E-state index is 0.249. The van der Waals surface area contributed by atoms with Crippen molar-refractivity contribution in [3.8, 4) is 0 Å². The van der Waals surface area contributed by atoms with Crippen molar-refractivity contribution in [1.82, 2.24) is 5.32 Å². The summed E-state index contributed by atoms with van der Waals surface area (Å²) in [6.45, 7) is 1.69. The first-order valence-electron chi connectivity index (χ1n) is 37.3. The summed E-state index contributed by atoms with van der Waals surface area (Å²) in [5.74, 6) is -0.255. The fraction of sp³-hybridized carbons (Fsp3) is 0.803. The molecule has 0 aromatic rings. The number of unbranched alkanes of at least 4 members (excludes halogenated alkanes) is 27. The van der Waals surface area contributed by atoms with Gasteiger partial charge in [0.25, 0.3) is 0 Å². The Bertz CT molecular complexity index is 2050. The number of amides is 1. The number of hydrogen-bond acceptors (Lipinski definition) is 18. The third-order valence-corrected chi connectivity index (χ3v) is 18.2. The van der Waals surface area contributed by atoms with E-state index >= 15 is 0 Å². The van der Waals surface area contributed by atoms with Gasteiger partial charge in [-0.2, -0.15) is 0 Å². The van der Waals surface area contributed by atoms with E-state index < -0.39 is 124 Å². The summed E-state index contributed by atoms with van der Waals surface area (Å²) in [6.07, 6.45) is 46.5. The molecule has 0 aromatic carbocycles. The van der Waals surface area contributed by atoms with E-state index in [1.165, 1.54) is 109 Å². The Morgan fingerprint density at radius 2 is 0.726 bits per heavy atom. The van der Waals surface area contributed by atoms with Crippen LogP contribution in [-0.4, -0.2) is 193 Å². The van der Waals surface area contributed by atoms with Gasteiger partial charge in [-0.05, 0) is 70.6 Å². The molecule has 3 aliphatic rings. The largest absolute Gasteiger partial charge is 0.394 e. The first-order chi connectivity index (χ1) is 46.3. The quantitative estimate of drug-likeness (QED) is 0.0199. The molecule has 3 fully saturated rings. The summed E-state index contributed by atoms with van der Waals surface area (Å²) in [7, 11) is 0. The lowest BCUT2D eigenvalue weighted by Gasteiger charge is -2.48. The highest BCUT2D eigenvalue weighted by Gasteiger charge is 2.53. The van der Waals surface area contributed by atoms with Crippen molar-refractivity contribution in [2.45, 2.75) is 362 Å². The van der Waals surface area contributed by atoms with Crippen LogP contribution in [0, 0.1) is 0 Å². The fourth-order valence-corrected chi connectivity index (χ4v) is 12.2. The van der Waals surface area contributed by atoms with Crippen LogP contribution in [0.2, 0.25) is 0 Å². The maximum atomic E-state index is 13.5. The van der Waals surface area contributed by atoms with Crippen molar-refractivity contribution < 1.29 is 89.4 Å². The molecule has 95 heavy (non-hydrogen) atoms. The number of aliphatic hydroxyl groups is 11. The van der Waals surface area contributed by atoms with Gasteiger partial charge in [-0.3, -0.25) is 4.79 Å². The van der Waals surface area contributed by atoms with E-state index in [0.29, 0.717) is 12.8 Å². The van der Waals surface area contributed by atoms with Gasteiger partial charge in [-0.25, -0.2) is 0 Å². The third-order valence-electron chi connectivity index (χ3n) is 18.2. The van der Waals surface area contributed by atoms with Crippen LogP contribution in [0.1, 0.15) is 258 Å². The second-order valence-corrected chi connectivity index (χ2v) is 26.4. The van der Waals surface area contributed by atoms with Crippen molar-refractivity contribution in [3.05, 3.63) is 85.1 Å². The van der Waals surface area contributed by atoms with Crippen LogP contribution in [0.4, 0.5) is 0 Å². The predicted octanol–water partition coefficient (Wildman–Crippen LogP) is 11.1. The van der Waals surface area contributed by atoms with Gasteiger partial charge in [0, 0.05) is 6.42 Å². The number of carbonyl (C=O) groups is 1. The fourth-order valence-electron chi connectivity index (χ4n) is 12.2. The molecular weight excluding hydrogens is 1210 g/mol. The molecule has 0 radical (unpaired) electrons. The summed E-state index contributed by atoms with van der Waals surface area (Å²) in [4.78, 5) is 13.5. The van der Waals surface area contributed by atoms with Gasteiger partial charge in [0.1, 0.15) is 73.2 Å². The van der Waals surface area contributed by atoms with Crippen LogP contribution in [-0.2, 0) is 33.2 Å². The SMILES string of the molecule is CC/C=C\C/C=C\C/C=C\C/C=C\C/C=C\C/C=C\C/C=C\CCCCCCCCCC(=O)NC(COC1OC(CO)C(OC2OC(CO)C(OC3OC(CO)C(O)C(O)C3O)C(O)C2O)C(O)C1O)C(O)CCCCCCCCCCCCCCCCCCCCCCC. The summed E-state index contributed by atoms with van der Waals surface area (Å²) >= 11 is 0. The lowest BCUT2D eigenvalue weighted by Crippen LogP contribution is -2.66. The van der Waals surface area contributed by atoms with Gasteiger partial charge in [-0.1, -0.05) is 266 Å². The van der Waals surface area contributed by atoms with Crippen LogP contribution in [0.5, 0.6) is 0 Å². The van der Waals surface area contributed by atoms with Crippen molar-refractivity contribution in [2.24, 2.45) is 0 Å². The molecule has 19 nitrogen and oxygen atoms in total. The Morgan fingerprint density at radius 3 is 1.14 bits per heavy atom. The molecule has 3 aliphatic heterocycles. The van der Waals surface area contributed by atoms with Crippen molar-refractivity contribution in [3.63, 3.8) is 0 Å². The van der Waals surface area contributed by atoms with Crippen LogP contribution in [0.3, 0.4) is 0 Å². The van der Waals surface area contributed by atoms with E-state index in [-0.39, 0.29) is 18.9 Å². The molecule has 0 aromatic heterocycles. The van der Waals surface area contributed by atoms with Crippen LogP contribution in [0.25, 0.3) is 0 Å². The molecule has 0 spiro atoms. The summed E-state index contributed by atoms with van der Waals surface area (Å²) in [6, 6.07) is -0.900. The van der Waals surface area contributed by atoms with Gasteiger partial charge in [0.2, 0.25) is 5.91 Å². The monoisotopic (exact) mass is 1350 g/mol. The van der Waals surface area contributed by atoms with Gasteiger partial charge < -0.3 is 89.9 Å². The van der Waals surface area contributed by atoms with E-state index in [1.54, 1.807) is 0 Å². The highest BCUT2D eigenvalue weighted by molar-refractivity contribution is 5.76. The maximum absolute atomic E-state index is 13.5. The zero-order valence-electron chi connectivity index (χ0n) is 58.4. The molecule has 3 rings (SSSR count). The Hall–Kier alpha value is -3.03. The molecular formula is C76H133NO18. The van der Waals surface area contributed by atoms with Gasteiger partial charge in [0.05, 0.1) is 38.6 Å². The number of hydrogen-bond donors (Lipinski definition) is 12. The van der Waals surface area contributed by atoms with E-state index in [1.807, 2.05) is 0 Å². The molecule has 19 heteroatoms. The molecule has 3 heterocycles. The predicted molar refractivity (Wildman–Crippen MR) is 374 cm³/mol. The molecule has 0 bridgehead atoms. The number of ether oxygens (including phenoxy) is 6. The molecule has 17 unspecified atom stereocenters. The topological polar surface area (TPSA) is 307 Å². The normalized spacial score (nSPS) is 27.7. The van der Waals surface area contributed by atoms with Gasteiger partial charge in [-0.15, -0.1) is 0 Å². The molecule has 12 N–H and O–H groups in total. The Kier molecular flexibility index (Phi) is 51.4. The van der Waals surface area contributed by atoms with Gasteiger partial charge >= 0.3 is 0 Å². The average molecular weight is 1350 g/mol. The number of aliphatic hydroxyl groups excluding tert-OH is 11. The molecule has 3 saturated heterocycles. The minimum Gasteiger partial charge on any atom is -0.394 e. The summed E-state index contributed by atoms with van der Waals surface area (Å²) in [5, 5.41) is 121. The van der Waals surface area contributed by atoms with Crippen LogP contribution < -0.4 is 5.32 Å². The lowest BCUT2D eigenvalue weighted by atomic mass is 9.96. The first kappa shape index (κ1) is 86.2. The highest BCUT2D eigenvalue weighted by Crippen LogP contribution is 2.33. The number of carbonyl (C=O) groups excluding carboxylic acids is 1. The molecule has 550 valence electrons. The van der Waals surface area contributed by atoms with Crippen molar-refractivity contribution in [2.75, 3.05) is 26.4 Å². The standard InChI is InChI=1S/C76H133NO18/c1-3-5-7-9-11-13-15-17-19-21-23-25-26-27-28-29-30-31-32-34-36-38-40-42-44-46-48-50-52-54-64(82)77-59(60(81)53-51-49-47-45-43-41-39-37-35-33-24-22-20-18-16-14-12-10-8-6-4-2)58-90-74-70(88)67(85)72(62(56-79)92-74)95-76-71(89)68(86)73(63(57-80)93-76)94-75-69(87)66(84)65(83)61(55-78)91-75/h5,7,11,13,17,19,23,25,27-28,30-31,34,36,59-63,65-76,78-81,83-89H,3-4,6,8-10,12,14-16,18,20-22,24,26,29,32-33,35,37-58H2,1-2H3,(H,77,82)/b7-5-,13-11-,19-17-,25-23-,28-27-,31-30-,36-34-. The Morgan fingerprint density at radius 1 is 0.389 bits per heavy atom. The molecule has 17 atom stereocenters. The molecule has 1 amide bonds. The minimum atomic E-state index is -1.98. The second-order valence-electron chi connectivity index (χ2n) is 26.4. The van der Waals surface area contributed by atoms with E-state index in [9.17, 15) is 61.0 Å². The number of allylic oxidation sites excluding steroid dienone is 14. The van der Waals surface area contributed by atoms with Gasteiger partial charge in [0.15, 0.2) is 18.9 Å². The Labute approximate surface area is 571 Å². The van der Waals surface area contributed by atoms with Crippen molar-refractivity contribution >= 4 is 5.91 Å². The zero-order chi connectivity index (χ0) is 68.9. The molecule has 0 saturated carbocycles. The summed E-state index contributed by atoms with van der Waals surface area (Å²) < 4.78 is 34.5. The molecule has 0 aliphatic carbocycles. The Balaban J connectivity index is 1.41. The van der Waals surface area contributed by atoms with E-state index in [2.05, 4.69) is 104 Å². The second kappa shape index (κ2) is 56.7. The van der Waals surface area contributed by atoms with Crippen LogP contribution >= 0.6 is 0 Å². The smallest absolute Gasteiger partial charge is 0.220 e. The van der Waals surface area contributed by atoms with Crippen molar-refractivity contribution in [1.29, 1.82) is 0 Å². The van der Waals surface area contributed by atoms with E-state index in [4.69, 9.17) is 28.4 Å². The summed E-state index contributed by atoms with van der Waals surface area (Å²) in [5.41, 5.74) is 0. The number of rotatable bonds is 57. The zero-order valence-corrected chi connectivity index (χ0v) is 58.4. The first-order valence-corrected chi connectivity index (χ1v) is 37.3. The lowest BCUT2D eigenvalue weighted by molar-refractivity contribution is -0.379. The van der Waals surface area contributed by atoms with E-state index in [0.717, 1.165) is 116 Å². The maximum Gasteiger partial charge on any atom is 0.220 e. The van der Waals surface area contributed by atoms with Crippen LogP contribution in [0.15, 0.2) is 85.1 Å².